The summed E-state index contributed by atoms with van der Waals surface area (Å²) in [5.41, 5.74) is 7.90. The smallest absolute Gasteiger partial charge is 0.223 e. The lowest BCUT2D eigenvalue weighted by Crippen LogP contribution is -2.15. The van der Waals surface area contributed by atoms with E-state index < -0.39 is 0 Å². The summed E-state index contributed by atoms with van der Waals surface area (Å²) in [5.74, 6) is 0.283. The molecule has 0 spiro atoms. The van der Waals surface area contributed by atoms with Gasteiger partial charge in [-0.25, -0.2) is 14.4 Å². The molecule has 0 atom stereocenters. The number of aromatic nitrogens is 2. The van der Waals surface area contributed by atoms with Crippen LogP contribution in [0.1, 0.15) is 5.69 Å². The van der Waals surface area contributed by atoms with Gasteiger partial charge in [-0.1, -0.05) is 0 Å². The van der Waals surface area contributed by atoms with Crippen LogP contribution in [0.25, 0.3) is 11.3 Å². The van der Waals surface area contributed by atoms with Crippen LogP contribution in [0.3, 0.4) is 0 Å². The van der Waals surface area contributed by atoms with Gasteiger partial charge in [0.1, 0.15) is 5.82 Å². The molecule has 1 aromatic heterocycles. The molecule has 94 valence electrons. The first-order valence-corrected chi connectivity index (χ1v) is 5.74. The summed E-state index contributed by atoms with van der Waals surface area (Å²) < 4.78 is 12.9. The van der Waals surface area contributed by atoms with E-state index in [1.165, 1.54) is 12.1 Å². The summed E-state index contributed by atoms with van der Waals surface area (Å²) >= 11 is 0. The Morgan fingerprint density at radius 1 is 1.22 bits per heavy atom. The molecular weight excluding hydrogens is 231 g/mol. The lowest BCUT2D eigenvalue weighted by molar-refractivity contribution is 0.628. The molecule has 5 heteroatoms. The molecule has 0 bridgehead atoms. The molecule has 0 aliphatic heterocycles. The molecule has 0 saturated carbocycles. The van der Waals surface area contributed by atoms with Gasteiger partial charge in [-0.3, -0.25) is 0 Å². The summed E-state index contributed by atoms with van der Waals surface area (Å²) in [6, 6.07) is 8.09. The fourth-order valence-electron chi connectivity index (χ4n) is 1.60. The number of nitrogens with zero attached hydrogens (tertiary/aromatic N) is 2. The number of rotatable bonds is 4. The van der Waals surface area contributed by atoms with Crippen molar-refractivity contribution >= 4 is 5.95 Å². The quantitative estimate of drug-likeness (QED) is 0.865. The second kappa shape index (κ2) is 5.55. The van der Waals surface area contributed by atoms with Gasteiger partial charge in [0.25, 0.3) is 0 Å². The van der Waals surface area contributed by atoms with E-state index in [0.717, 1.165) is 17.0 Å². The maximum absolute atomic E-state index is 12.9. The Kier molecular flexibility index (Phi) is 3.84. The third kappa shape index (κ3) is 3.01. The first kappa shape index (κ1) is 12.4. The SMILES string of the molecule is Cc1cc(-c2ccc(F)cc2)nc(NCCN)n1. The molecular formula is C13H15FN4. The molecule has 0 saturated heterocycles. The third-order valence-electron chi connectivity index (χ3n) is 2.42. The van der Waals surface area contributed by atoms with Gasteiger partial charge >= 0.3 is 0 Å². The van der Waals surface area contributed by atoms with Crippen LogP contribution >= 0.6 is 0 Å². The fourth-order valence-corrected chi connectivity index (χ4v) is 1.60. The summed E-state index contributed by atoms with van der Waals surface area (Å²) in [4.78, 5) is 8.63. The van der Waals surface area contributed by atoms with E-state index in [2.05, 4.69) is 15.3 Å². The van der Waals surface area contributed by atoms with Gasteiger partial charge in [0.15, 0.2) is 0 Å². The summed E-state index contributed by atoms with van der Waals surface area (Å²) in [6.45, 7) is 3.03. The van der Waals surface area contributed by atoms with Crippen molar-refractivity contribution in [1.82, 2.24) is 9.97 Å². The highest BCUT2D eigenvalue weighted by Gasteiger charge is 2.04. The summed E-state index contributed by atoms with van der Waals surface area (Å²) in [7, 11) is 0. The van der Waals surface area contributed by atoms with Crippen LogP contribution < -0.4 is 11.1 Å². The minimum atomic E-state index is -0.258. The van der Waals surface area contributed by atoms with Crippen LogP contribution in [0, 0.1) is 12.7 Å². The van der Waals surface area contributed by atoms with Crippen molar-refractivity contribution in [1.29, 1.82) is 0 Å². The van der Waals surface area contributed by atoms with Crippen LogP contribution in [0.4, 0.5) is 10.3 Å². The number of hydrogen-bond donors (Lipinski definition) is 2. The monoisotopic (exact) mass is 246 g/mol. The van der Waals surface area contributed by atoms with Crippen LogP contribution in [0.15, 0.2) is 30.3 Å². The third-order valence-corrected chi connectivity index (χ3v) is 2.42. The molecule has 1 aromatic carbocycles. The highest BCUT2D eigenvalue weighted by Crippen LogP contribution is 2.19. The Labute approximate surface area is 105 Å². The second-order valence-electron chi connectivity index (χ2n) is 3.94. The number of nitrogens with one attached hydrogen (secondary N) is 1. The minimum absolute atomic E-state index is 0.258. The van der Waals surface area contributed by atoms with E-state index in [9.17, 15) is 4.39 Å². The Hall–Kier alpha value is -2.01. The Balaban J connectivity index is 2.32. The number of benzene rings is 1. The molecule has 18 heavy (non-hydrogen) atoms. The van der Waals surface area contributed by atoms with Crippen molar-refractivity contribution < 1.29 is 4.39 Å². The molecule has 0 radical (unpaired) electrons. The van der Waals surface area contributed by atoms with E-state index in [1.54, 1.807) is 12.1 Å². The average molecular weight is 246 g/mol. The Morgan fingerprint density at radius 2 is 1.94 bits per heavy atom. The zero-order valence-electron chi connectivity index (χ0n) is 10.2. The van der Waals surface area contributed by atoms with E-state index in [0.29, 0.717) is 19.0 Å². The van der Waals surface area contributed by atoms with E-state index >= 15 is 0 Å². The van der Waals surface area contributed by atoms with E-state index in [-0.39, 0.29) is 5.82 Å². The van der Waals surface area contributed by atoms with Crippen molar-refractivity contribution in [3.63, 3.8) is 0 Å². The maximum Gasteiger partial charge on any atom is 0.223 e. The number of hydrogen-bond acceptors (Lipinski definition) is 4. The van der Waals surface area contributed by atoms with Crippen molar-refractivity contribution in [3.05, 3.63) is 41.8 Å². The maximum atomic E-state index is 12.9. The topological polar surface area (TPSA) is 63.8 Å². The molecule has 0 fully saturated rings. The largest absolute Gasteiger partial charge is 0.353 e. The minimum Gasteiger partial charge on any atom is -0.353 e. The highest BCUT2D eigenvalue weighted by molar-refractivity contribution is 5.60. The van der Waals surface area contributed by atoms with Gasteiger partial charge < -0.3 is 11.1 Å². The first-order valence-electron chi connectivity index (χ1n) is 5.74. The van der Waals surface area contributed by atoms with Gasteiger partial charge in [-0.2, -0.15) is 0 Å². The lowest BCUT2D eigenvalue weighted by atomic mass is 10.1. The predicted molar refractivity (Wildman–Crippen MR) is 69.7 cm³/mol. The molecule has 4 nitrogen and oxygen atoms in total. The van der Waals surface area contributed by atoms with E-state index in [4.69, 9.17) is 5.73 Å². The van der Waals surface area contributed by atoms with Crippen molar-refractivity contribution in [3.8, 4) is 11.3 Å². The van der Waals surface area contributed by atoms with Crippen LogP contribution in [0.5, 0.6) is 0 Å². The molecule has 0 unspecified atom stereocenters. The summed E-state index contributed by atoms with van der Waals surface area (Å²) in [6.07, 6.45) is 0. The van der Waals surface area contributed by atoms with Gasteiger partial charge in [-0.05, 0) is 37.3 Å². The van der Waals surface area contributed by atoms with Crippen LogP contribution in [0.2, 0.25) is 0 Å². The number of nitrogens with two attached hydrogens (primary N) is 1. The van der Waals surface area contributed by atoms with Crippen LogP contribution in [-0.2, 0) is 0 Å². The average Bonchev–Trinajstić information content (AvgIpc) is 2.36. The Morgan fingerprint density at radius 3 is 2.61 bits per heavy atom. The molecule has 0 aliphatic rings. The first-order chi connectivity index (χ1) is 8.69. The van der Waals surface area contributed by atoms with Crippen molar-refractivity contribution in [2.75, 3.05) is 18.4 Å². The van der Waals surface area contributed by atoms with Crippen LogP contribution in [-0.4, -0.2) is 23.1 Å². The molecule has 3 N–H and O–H groups in total. The van der Waals surface area contributed by atoms with Crippen molar-refractivity contribution in [2.45, 2.75) is 6.92 Å². The molecule has 0 aliphatic carbocycles. The molecule has 2 rings (SSSR count). The molecule has 0 amide bonds. The van der Waals surface area contributed by atoms with Gasteiger partial charge in [-0.15, -0.1) is 0 Å². The zero-order chi connectivity index (χ0) is 13.0. The Bertz CT molecular complexity index is 525. The fraction of sp³-hybridized carbons (Fsp3) is 0.231. The molecule has 1 heterocycles. The number of aryl methyl sites for hydroxylation is 1. The second-order valence-corrected chi connectivity index (χ2v) is 3.94. The number of halogens is 1. The van der Waals surface area contributed by atoms with E-state index in [1.807, 2.05) is 13.0 Å². The number of anilines is 1. The van der Waals surface area contributed by atoms with Crippen molar-refractivity contribution in [2.24, 2.45) is 5.73 Å². The predicted octanol–water partition coefficient (Wildman–Crippen LogP) is 1.96. The normalized spacial score (nSPS) is 10.4. The van der Waals surface area contributed by atoms with Gasteiger partial charge in [0.2, 0.25) is 5.95 Å². The highest BCUT2D eigenvalue weighted by atomic mass is 19.1. The standard InChI is InChI=1S/C13H15FN4/c1-9-8-12(10-2-4-11(14)5-3-10)18-13(17-9)16-7-6-15/h2-5,8H,6-7,15H2,1H3,(H,16,17,18). The molecule has 2 aromatic rings. The summed E-state index contributed by atoms with van der Waals surface area (Å²) in [5, 5.41) is 3.04. The zero-order valence-corrected chi connectivity index (χ0v) is 10.2. The van der Waals surface area contributed by atoms with Gasteiger partial charge in [0, 0.05) is 24.3 Å². The lowest BCUT2D eigenvalue weighted by Gasteiger charge is -2.07. The van der Waals surface area contributed by atoms with Gasteiger partial charge in [0.05, 0.1) is 5.69 Å².